The molecule has 0 atom stereocenters. The second-order valence-electron chi connectivity index (χ2n) is 6.05. The number of hydrogen-bond donors (Lipinski definition) is 1. The number of rotatable bonds is 5. The third-order valence-corrected chi connectivity index (χ3v) is 4.97. The minimum Gasteiger partial charge on any atom is -0.481 e. The highest BCUT2D eigenvalue weighted by Gasteiger charge is 2.12. The highest BCUT2D eigenvalue weighted by atomic mass is 32.1. The lowest BCUT2D eigenvalue weighted by Gasteiger charge is -2.06. The zero-order valence-corrected chi connectivity index (χ0v) is 14.5. The van der Waals surface area contributed by atoms with Gasteiger partial charge in [-0.05, 0) is 40.8 Å². The molecule has 0 radical (unpaired) electrons. The van der Waals surface area contributed by atoms with Crippen molar-refractivity contribution in [3.8, 4) is 0 Å². The second kappa shape index (κ2) is 6.97. The number of hydrogen-bond acceptors (Lipinski definition) is 3. The number of benzene rings is 2. The molecule has 3 aromatic rings. The molecule has 0 aliphatic rings. The monoisotopic (exact) mass is 337 g/mol. The van der Waals surface area contributed by atoms with Gasteiger partial charge in [-0.15, -0.1) is 11.3 Å². The SMILES string of the molecule is CC(C)c1ccc(C=C(CC(=O)O)c2nc3ccccc3s2)cc1. The molecule has 2 aromatic carbocycles. The molecule has 0 amide bonds. The highest BCUT2D eigenvalue weighted by molar-refractivity contribution is 7.19. The van der Waals surface area contributed by atoms with Crippen LogP contribution in [0.1, 0.15) is 42.3 Å². The van der Waals surface area contributed by atoms with E-state index in [0.717, 1.165) is 26.4 Å². The zero-order valence-electron chi connectivity index (χ0n) is 13.7. The van der Waals surface area contributed by atoms with Crippen molar-refractivity contribution in [2.24, 2.45) is 0 Å². The van der Waals surface area contributed by atoms with Crippen molar-refractivity contribution in [2.45, 2.75) is 26.2 Å². The molecule has 3 nitrogen and oxygen atoms in total. The number of aromatic nitrogens is 1. The molecule has 0 fully saturated rings. The molecule has 0 saturated heterocycles. The second-order valence-corrected chi connectivity index (χ2v) is 7.08. The summed E-state index contributed by atoms with van der Waals surface area (Å²) in [5, 5.41) is 10.0. The quantitative estimate of drug-likeness (QED) is 0.675. The first kappa shape index (κ1) is 16.4. The van der Waals surface area contributed by atoms with E-state index in [2.05, 4.69) is 31.0 Å². The van der Waals surface area contributed by atoms with Crippen LogP contribution in [0, 0.1) is 0 Å². The smallest absolute Gasteiger partial charge is 0.307 e. The van der Waals surface area contributed by atoms with Crippen LogP contribution in [0.15, 0.2) is 48.5 Å². The van der Waals surface area contributed by atoms with Gasteiger partial charge in [0.15, 0.2) is 0 Å². The molecule has 1 N–H and O–H groups in total. The number of carbonyl (C=O) groups is 1. The van der Waals surface area contributed by atoms with Gasteiger partial charge in [0.05, 0.1) is 16.6 Å². The Morgan fingerprint density at radius 3 is 2.50 bits per heavy atom. The summed E-state index contributed by atoms with van der Waals surface area (Å²) < 4.78 is 1.07. The van der Waals surface area contributed by atoms with Crippen molar-refractivity contribution in [1.82, 2.24) is 4.98 Å². The molecule has 1 heterocycles. The van der Waals surface area contributed by atoms with Gasteiger partial charge in [0.25, 0.3) is 0 Å². The predicted octanol–water partition coefficient (Wildman–Crippen LogP) is 5.44. The molecule has 4 heteroatoms. The van der Waals surface area contributed by atoms with Gasteiger partial charge in [0, 0.05) is 0 Å². The molecule has 3 rings (SSSR count). The Labute approximate surface area is 145 Å². The summed E-state index contributed by atoms with van der Waals surface area (Å²) in [6, 6.07) is 16.1. The highest BCUT2D eigenvalue weighted by Crippen LogP contribution is 2.30. The maximum atomic E-state index is 11.3. The lowest BCUT2D eigenvalue weighted by atomic mass is 10.0. The van der Waals surface area contributed by atoms with Crippen LogP contribution in [-0.2, 0) is 4.79 Å². The summed E-state index contributed by atoms with van der Waals surface area (Å²) in [7, 11) is 0. The lowest BCUT2D eigenvalue weighted by molar-refractivity contribution is -0.135. The van der Waals surface area contributed by atoms with Gasteiger partial charge in [-0.3, -0.25) is 4.79 Å². The van der Waals surface area contributed by atoms with Crippen LogP contribution >= 0.6 is 11.3 Å². The predicted molar refractivity (Wildman–Crippen MR) is 100 cm³/mol. The van der Waals surface area contributed by atoms with Crippen LogP contribution in [0.4, 0.5) is 0 Å². The zero-order chi connectivity index (χ0) is 17.1. The van der Waals surface area contributed by atoms with Gasteiger partial charge in [-0.25, -0.2) is 4.98 Å². The molecular weight excluding hydrogens is 318 g/mol. The minimum absolute atomic E-state index is 0.0360. The molecule has 0 aliphatic heterocycles. The third-order valence-electron chi connectivity index (χ3n) is 3.85. The molecule has 0 saturated carbocycles. The summed E-state index contributed by atoms with van der Waals surface area (Å²) in [5.74, 6) is -0.370. The van der Waals surface area contributed by atoms with Gasteiger partial charge < -0.3 is 5.11 Å². The van der Waals surface area contributed by atoms with Gasteiger partial charge >= 0.3 is 5.97 Å². The van der Waals surface area contributed by atoms with E-state index in [1.807, 2.05) is 42.5 Å². The standard InChI is InChI=1S/C20H19NO2S/c1-13(2)15-9-7-14(8-10-15)11-16(12-19(22)23)20-21-17-5-3-4-6-18(17)24-20/h3-11,13H,12H2,1-2H3,(H,22,23). The van der Waals surface area contributed by atoms with Crippen LogP contribution in [0.25, 0.3) is 21.9 Å². The van der Waals surface area contributed by atoms with Crippen molar-refractivity contribution in [3.05, 3.63) is 64.7 Å². The molecule has 0 unspecified atom stereocenters. The van der Waals surface area contributed by atoms with Crippen LogP contribution < -0.4 is 0 Å². The van der Waals surface area contributed by atoms with Gasteiger partial charge in [0.2, 0.25) is 0 Å². The van der Waals surface area contributed by atoms with Crippen LogP contribution in [-0.4, -0.2) is 16.1 Å². The number of fused-ring (bicyclic) bond motifs is 1. The van der Waals surface area contributed by atoms with Crippen LogP contribution in [0.5, 0.6) is 0 Å². The van der Waals surface area contributed by atoms with Crippen LogP contribution in [0.3, 0.4) is 0 Å². The first-order valence-corrected chi connectivity index (χ1v) is 8.73. The molecule has 0 bridgehead atoms. The van der Waals surface area contributed by atoms with E-state index in [1.165, 1.54) is 16.9 Å². The summed E-state index contributed by atoms with van der Waals surface area (Å²) >= 11 is 1.53. The van der Waals surface area contributed by atoms with E-state index in [9.17, 15) is 9.90 Å². The summed E-state index contributed by atoms with van der Waals surface area (Å²) in [6.07, 6.45) is 1.89. The van der Waals surface area contributed by atoms with E-state index in [0.29, 0.717) is 5.92 Å². The summed E-state index contributed by atoms with van der Waals surface area (Å²) in [5.41, 5.74) is 3.91. The molecule has 0 spiro atoms. The van der Waals surface area contributed by atoms with E-state index >= 15 is 0 Å². The van der Waals surface area contributed by atoms with Crippen molar-refractivity contribution in [1.29, 1.82) is 0 Å². The Bertz CT molecular complexity index is 858. The molecule has 122 valence electrons. The number of carboxylic acid groups (broad SMARTS) is 1. The minimum atomic E-state index is -0.848. The van der Waals surface area contributed by atoms with E-state index < -0.39 is 5.97 Å². The third kappa shape index (κ3) is 3.71. The van der Waals surface area contributed by atoms with Gasteiger partial charge in [-0.1, -0.05) is 50.2 Å². The summed E-state index contributed by atoms with van der Waals surface area (Å²) in [4.78, 5) is 15.9. The fourth-order valence-corrected chi connectivity index (χ4v) is 3.52. The number of thiazole rings is 1. The first-order valence-electron chi connectivity index (χ1n) is 7.91. The Hall–Kier alpha value is -2.46. The number of nitrogens with zero attached hydrogens (tertiary/aromatic N) is 1. The lowest BCUT2D eigenvalue weighted by Crippen LogP contribution is -1.97. The number of para-hydroxylation sites is 1. The molecule has 1 aromatic heterocycles. The first-order chi connectivity index (χ1) is 11.5. The summed E-state index contributed by atoms with van der Waals surface area (Å²) in [6.45, 7) is 4.31. The van der Waals surface area contributed by atoms with Crippen molar-refractivity contribution in [2.75, 3.05) is 0 Å². The van der Waals surface area contributed by atoms with Crippen molar-refractivity contribution >= 4 is 39.2 Å². The van der Waals surface area contributed by atoms with Crippen molar-refractivity contribution in [3.63, 3.8) is 0 Å². The number of aliphatic carboxylic acids is 1. The van der Waals surface area contributed by atoms with Crippen LogP contribution in [0.2, 0.25) is 0 Å². The Balaban J connectivity index is 2.00. The average molecular weight is 337 g/mol. The molecular formula is C20H19NO2S. The fourth-order valence-electron chi connectivity index (χ4n) is 2.54. The topological polar surface area (TPSA) is 50.2 Å². The van der Waals surface area contributed by atoms with Gasteiger partial charge in [-0.2, -0.15) is 0 Å². The number of carboxylic acids is 1. The van der Waals surface area contributed by atoms with E-state index in [-0.39, 0.29) is 6.42 Å². The van der Waals surface area contributed by atoms with Gasteiger partial charge in [0.1, 0.15) is 5.01 Å². The molecule has 24 heavy (non-hydrogen) atoms. The van der Waals surface area contributed by atoms with Crippen molar-refractivity contribution < 1.29 is 9.90 Å². The van der Waals surface area contributed by atoms with E-state index in [1.54, 1.807) is 0 Å². The fraction of sp³-hybridized carbons (Fsp3) is 0.200. The normalized spacial score (nSPS) is 12.0. The Morgan fingerprint density at radius 2 is 1.88 bits per heavy atom. The van der Waals surface area contributed by atoms with E-state index in [4.69, 9.17) is 0 Å². The molecule has 0 aliphatic carbocycles. The maximum Gasteiger partial charge on any atom is 0.307 e. The Morgan fingerprint density at radius 1 is 1.17 bits per heavy atom. The maximum absolute atomic E-state index is 11.3. The average Bonchev–Trinajstić information content (AvgIpc) is 2.98. The largest absolute Gasteiger partial charge is 0.481 e. The Kier molecular flexibility index (Phi) is 4.76.